The average molecular weight is 498 g/mol. The van der Waals surface area contributed by atoms with E-state index in [0.717, 1.165) is 37.2 Å². The van der Waals surface area contributed by atoms with Crippen LogP contribution in [0.2, 0.25) is 5.02 Å². The molecule has 0 aromatic heterocycles. The second-order valence-corrected chi connectivity index (χ2v) is 8.99. The molecule has 0 unspecified atom stereocenters. The molecule has 9 nitrogen and oxygen atoms in total. The molecule has 0 saturated carbocycles. The largest absolute Gasteiger partial charge is 0.371 e. The molecule has 1 saturated heterocycles. The van der Waals surface area contributed by atoms with Crippen molar-refractivity contribution in [3.05, 3.63) is 58.6 Å². The van der Waals surface area contributed by atoms with Gasteiger partial charge in [-0.05, 0) is 42.7 Å². The third-order valence-electron chi connectivity index (χ3n) is 6.19. The van der Waals surface area contributed by atoms with Crippen molar-refractivity contribution in [2.24, 2.45) is 0 Å². The predicted octanol–water partition coefficient (Wildman–Crippen LogP) is 2.49. The van der Waals surface area contributed by atoms with E-state index in [9.17, 15) is 19.2 Å². The molecule has 2 aliphatic rings. The van der Waals surface area contributed by atoms with Crippen LogP contribution in [0.4, 0.5) is 11.4 Å². The zero-order valence-corrected chi connectivity index (χ0v) is 20.3. The SMILES string of the molecule is CCC(=O)NNC(=O)CN1Cc2ccccc2N(C(=O)c2ccc(N3CCCC3)cc2Cl)CC1=O. The molecule has 10 heteroatoms. The van der Waals surface area contributed by atoms with Crippen molar-refractivity contribution in [2.75, 3.05) is 36.0 Å². The van der Waals surface area contributed by atoms with Gasteiger partial charge in [0.2, 0.25) is 11.8 Å². The van der Waals surface area contributed by atoms with Gasteiger partial charge in [-0.15, -0.1) is 0 Å². The van der Waals surface area contributed by atoms with E-state index >= 15 is 0 Å². The standard InChI is InChI=1S/C25H28ClN5O4/c1-2-22(32)27-28-23(33)15-30-14-17-7-3-4-8-21(17)31(16-24(30)34)25(35)19-10-9-18(13-20(19)26)29-11-5-6-12-29/h3-4,7-10,13H,2,5-6,11-12,14-16H2,1H3,(H,27,32)(H,28,33). The lowest BCUT2D eigenvalue weighted by Gasteiger charge is -2.24. The van der Waals surface area contributed by atoms with E-state index in [1.54, 1.807) is 31.2 Å². The Morgan fingerprint density at radius 2 is 1.69 bits per heavy atom. The molecule has 2 aromatic carbocycles. The number of benzene rings is 2. The number of nitrogens with zero attached hydrogens (tertiary/aromatic N) is 3. The highest BCUT2D eigenvalue weighted by atomic mass is 35.5. The first-order valence-electron chi connectivity index (χ1n) is 11.7. The Morgan fingerprint density at radius 1 is 0.971 bits per heavy atom. The Balaban J connectivity index is 1.55. The second kappa shape index (κ2) is 10.8. The average Bonchev–Trinajstić information content (AvgIpc) is 3.36. The summed E-state index contributed by atoms with van der Waals surface area (Å²) in [6.07, 6.45) is 2.48. The molecule has 2 aliphatic heterocycles. The maximum Gasteiger partial charge on any atom is 0.260 e. The molecule has 0 bridgehead atoms. The molecule has 1 fully saturated rings. The number of anilines is 2. The summed E-state index contributed by atoms with van der Waals surface area (Å²) in [6.45, 7) is 3.23. The van der Waals surface area contributed by atoms with Gasteiger partial charge in [0.1, 0.15) is 13.1 Å². The van der Waals surface area contributed by atoms with E-state index in [1.807, 2.05) is 18.2 Å². The Morgan fingerprint density at radius 3 is 2.40 bits per heavy atom. The minimum Gasteiger partial charge on any atom is -0.371 e. The topological polar surface area (TPSA) is 102 Å². The van der Waals surface area contributed by atoms with Crippen LogP contribution in [0.15, 0.2) is 42.5 Å². The maximum atomic E-state index is 13.6. The first-order valence-corrected chi connectivity index (χ1v) is 12.0. The van der Waals surface area contributed by atoms with Gasteiger partial charge >= 0.3 is 0 Å². The van der Waals surface area contributed by atoms with Gasteiger partial charge in [-0.1, -0.05) is 36.7 Å². The fourth-order valence-electron chi connectivity index (χ4n) is 4.28. The van der Waals surface area contributed by atoms with Crippen molar-refractivity contribution >= 4 is 46.6 Å². The summed E-state index contributed by atoms with van der Waals surface area (Å²) in [7, 11) is 0. The number of hydrogen-bond acceptors (Lipinski definition) is 5. The highest BCUT2D eigenvalue weighted by Crippen LogP contribution is 2.31. The number of halogens is 1. The number of hydrogen-bond donors (Lipinski definition) is 2. The minimum absolute atomic E-state index is 0.148. The summed E-state index contributed by atoms with van der Waals surface area (Å²) in [5, 5.41) is 0.330. The van der Waals surface area contributed by atoms with E-state index in [0.29, 0.717) is 16.3 Å². The number of nitrogens with one attached hydrogen (secondary N) is 2. The highest BCUT2D eigenvalue weighted by molar-refractivity contribution is 6.35. The van der Waals surface area contributed by atoms with Gasteiger partial charge in [0.25, 0.3) is 11.8 Å². The van der Waals surface area contributed by atoms with Gasteiger partial charge in [0.15, 0.2) is 0 Å². The van der Waals surface area contributed by atoms with Crippen LogP contribution in [0.1, 0.15) is 42.1 Å². The van der Waals surface area contributed by atoms with Gasteiger partial charge in [0.05, 0.1) is 10.6 Å². The molecule has 184 valence electrons. The molecule has 2 aromatic rings. The summed E-state index contributed by atoms with van der Waals surface area (Å²) >= 11 is 6.54. The Labute approximate surface area is 209 Å². The van der Waals surface area contributed by atoms with E-state index in [-0.39, 0.29) is 37.9 Å². The molecule has 35 heavy (non-hydrogen) atoms. The lowest BCUT2D eigenvalue weighted by Crippen LogP contribution is -2.48. The van der Waals surface area contributed by atoms with E-state index in [4.69, 9.17) is 11.6 Å². The number of carbonyl (C=O) groups is 4. The highest BCUT2D eigenvalue weighted by Gasteiger charge is 2.31. The first-order chi connectivity index (χ1) is 16.9. The monoisotopic (exact) mass is 497 g/mol. The Kier molecular flexibility index (Phi) is 7.55. The lowest BCUT2D eigenvalue weighted by molar-refractivity contribution is -0.136. The number of para-hydroxylation sites is 1. The summed E-state index contributed by atoms with van der Waals surface area (Å²) in [6, 6.07) is 12.6. The third kappa shape index (κ3) is 5.57. The summed E-state index contributed by atoms with van der Waals surface area (Å²) in [5.41, 5.74) is 7.20. The van der Waals surface area contributed by atoms with Crippen LogP contribution in [0.3, 0.4) is 0 Å². The minimum atomic E-state index is -0.530. The van der Waals surface area contributed by atoms with Crippen molar-refractivity contribution in [2.45, 2.75) is 32.7 Å². The van der Waals surface area contributed by atoms with Crippen molar-refractivity contribution in [1.82, 2.24) is 15.8 Å². The quantitative estimate of drug-likeness (QED) is 0.618. The Hall–Kier alpha value is -3.59. The van der Waals surface area contributed by atoms with Gasteiger partial charge < -0.3 is 9.80 Å². The van der Waals surface area contributed by atoms with Crippen LogP contribution < -0.4 is 20.7 Å². The fraction of sp³-hybridized carbons (Fsp3) is 0.360. The molecule has 4 amide bonds. The Bertz CT molecular complexity index is 1150. The molecule has 2 N–H and O–H groups in total. The van der Waals surface area contributed by atoms with Crippen LogP contribution >= 0.6 is 11.6 Å². The third-order valence-corrected chi connectivity index (χ3v) is 6.50. The lowest BCUT2D eigenvalue weighted by atomic mass is 10.1. The van der Waals surface area contributed by atoms with Gasteiger partial charge in [-0.25, -0.2) is 0 Å². The van der Waals surface area contributed by atoms with Gasteiger partial charge in [-0.3, -0.25) is 34.9 Å². The van der Waals surface area contributed by atoms with Crippen LogP contribution in [0.25, 0.3) is 0 Å². The predicted molar refractivity (Wildman–Crippen MR) is 133 cm³/mol. The van der Waals surface area contributed by atoms with Crippen LogP contribution in [-0.2, 0) is 20.9 Å². The first kappa shape index (κ1) is 24.5. The number of carbonyl (C=O) groups excluding carboxylic acids is 4. The number of hydrazine groups is 1. The number of amides is 4. The van der Waals surface area contributed by atoms with E-state index in [1.165, 1.54) is 9.80 Å². The smallest absolute Gasteiger partial charge is 0.260 e. The number of fused-ring (bicyclic) bond motifs is 1. The molecule has 0 spiro atoms. The van der Waals surface area contributed by atoms with E-state index in [2.05, 4.69) is 15.8 Å². The zero-order valence-electron chi connectivity index (χ0n) is 19.6. The van der Waals surface area contributed by atoms with E-state index < -0.39 is 11.8 Å². The molecule has 2 heterocycles. The fourth-order valence-corrected chi connectivity index (χ4v) is 4.54. The molecule has 0 atom stereocenters. The second-order valence-electron chi connectivity index (χ2n) is 8.58. The van der Waals surface area contributed by atoms with Crippen molar-refractivity contribution in [3.63, 3.8) is 0 Å². The number of rotatable bonds is 5. The van der Waals surface area contributed by atoms with Gasteiger partial charge in [0, 0.05) is 37.4 Å². The molecular weight excluding hydrogens is 470 g/mol. The van der Waals surface area contributed by atoms with Crippen molar-refractivity contribution in [1.29, 1.82) is 0 Å². The molecule has 0 aliphatic carbocycles. The molecule has 4 rings (SSSR count). The van der Waals surface area contributed by atoms with Crippen LogP contribution in [0.5, 0.6) is 0 Å². The molecule has 0 radical (unpaired) electrons. The zero-order chi connectivity index (χ0) is 24.9. The van der Waals surface area contributed by atoms with Crippen molar-refractivity contribution in [3.8, 4) is 0 Å². The summed E-state index contributed by atoms with van der Waals surface area (Å²) in [5.74, 6) is -1.64. The maximum absolute atomic E-state index is 13.6. The normalized spacial score (nSPS) is 15.5. The summed E-state index contributed by atoms with van der Waals surface area (Å²) < 4.78 is 0. The summed E-state index contributed by atoms with van der Waals surface area (Å²) in [4.78, 5) is 55.4. The van der Waals surface area contributed by atoms with Crippen LogP contribution in [0, 0.1) is 0 Å². The van der Waals surface area contributed by atoms with Gasteiger partial charge in [-0.2, -0.15) is 0 Å². The van der Waals surface area contributed by atoms with Crippen molar-refractivity contribution < 1.29 is 19.2 Å². The molecular formula is C25H28ClN5O4. The van der Waals surface area contributed by atoms with Crippen LogP contribution in [-0.4, -0.2) is 54.7 Å².